The number of hydrogen-bond acceptors (Lipinski definition) is 2. The molecule has 4 nitrogen and oxygen atoms in total. The van der Waals surface area contributed by atoms with Crippen LogP contribution in [0, 0.1) is 0 Å². The third-order valence-corrected chi connectivity index (χ3v) is 1.80. The fourth-order valence-electron chi connectivity index (χ4n) is 1.01. The number of primary amides is 1. The van der Waals surface area contributed by atoms with Crippen molar-refractivity contribution in [2.24, 2.45) is 5.73 Å². The van der Waals surface area contributed by atoms with E-state index in [1.807, 2.05) is 13.8 Å². The molecule has 0 aromatic carbocycles. The van der Waals surface area contributed by atoms with E-state index >= 15 is 0 Å². The Kier molecular flexibility index (Phi) is 4.37. The van der Waals surface area contributed by atoms with Gasteiger partial charge in [0.05, 0.1) is 0 Å². The van der Waals surface area contributed by atoms with Crippen LogP contribution in [0.4, 0.5) is 0 Å². The average molecular weight is 217 g/mol. The molecule has 0 aliphatic rings. The summed E-state index contributed by atoms with van der Waals surface area (Å²) in [5.74, 6) is -0.681. The number of carbonyl (C=O) groups excluding carboxylic acids is 1. The van der Waals surface area contributed by atoms with Gasteiger partial charge in [-0.05, 0) is 13.8 Å². The van der Waals surface area contributed by atoms with Crippen molar-refractivity contribution in [3.8, 4) is 0 Å². The molecule has 1 amide bonds. The van der Waals surface area contributed by atoms with E-state index in [4.69, 9.17) is 5.73 Å². The molecule has 78 valence electrons. The highest BCUT2D eigenvalue weighted by molar-refractivity contribution is 5.92. The SMILES string of the molecule is CC(C)n1ccc(=O)c(C(N)=O)c1.Cl. The molecule has 0 radical (unpaired) electrons. The number of carbonyl (C=O) groups is 1. The first-order valence-electron chi connectivity index (χ1n) is 4.04. The summed E-state index contributed by atoms with van der Waals surface area (Å²) in [4.78, 5) is 21.9. The number of amides is 1. The lowest BCUT2D eigenvalue weighted by atomic mass is 10.2. The molecule has 0 spiro atoms. The lowest BCUT2D eigenvalue weighted by molar-refractivity contribution is 0.0998. The fourth-order valence-corrected chi connectivity index (χ4v) is 1.01. The highest BCUT2D eigenvalue weighted by Crippen LogP contribution is 2.02. The fraction of sp³-hybridized carbons (Fsp3) is 0.333. The van der Waals surface area contributed by atoms with Gasteiger partial charge in [-0.25, -0.2) is 0 Å². The van der Waals surface area contributed by atoms with Gasteiger partial charge in [-0.2, -0.15) is 0 Å². The Morgan fingerprint density at radius 1 is 1.50 bits per heavy atom. The van der Waals surface area contributed by atoms with Crippen LogP contribution in [0.15, 0.2) is 23.3 Å². The number of hydrogen-bond donors (Lipinski definition) is 1. The first-order valence-corrected chi connectivity index (χ1v) is 4.04. The van der Waals surface area contributed by atoms with Gasteiger partial charge in [0.25, 0.3) is 5.91 Å². The maximum Gasteiger partial charge on any atom is 0.254 e. The molecule has 0 aliphatic carbocycles. The Hall–Kier alpha value is -1.29. The van der Waals surface area contributed by atoms with Crippen LogP contribution in [-0.2, 0) is 0 Å². The summed E-state index contributed by atoms with van der Waals surface area (Å²) in [6.45, 7) is 3.91. The summed E-state index contributed by atoms with van der Waals surface area (Å²) in [6, 6.07) is 1.55. The molecule has 0 bridgehead atoms. The van der Waals surface area contributed by atoms with E-state index < -0.39 is 5.91 Å². The van der Waals surface area contributed by atoms with E-state index in [0.29, 0.717) is 0 Å². The van der Waals surface area contributed by atoms with Gasteiger partial charge < -0.3 is 10.3 Å². The lowest BCUT2D eigenvalue weighted by Gasteiger charge is -2.10. The number of halogens is 1. The van der Waals surface area contributed by atoms with E-state index in [1.54, 1.807) is 10.8 Å². The van der Waals surface area contributed by atoms with Crippen LogP contribution in [0.3, 0.4) is 0 Å². The average Bonchev–Trinajstić information content (AvgIpc) is 2.04. The van der Waals surface area contributed by atoms with E-state index in [0.717, 1.165) is 0 Å². The molecule has 1 heterocycles. The smallest absolute Gasteiger partial charge is 0.254 e. The molecular weight excluding hydrogens is 204 g/mol. The first kappa shape index (κ1) is 12.7. The Labute approximate surface area is 88.1 Å². The molecule has 0 atom stereocenters. The molecule has 0 saturated heterocycles. The molecule has 14 heavy (non-hydrogen) atoms. The van der Waals surface area contributed by atoms with Gasteiger partial charge in [-0.3, -0.25) is 9.59 Å². The molecule has 1 aromatic heterocycles. The molecule has 0 fully saturated rings. The van der Waals surface area contributed by atoms with E-state index in [1.165, 1.54) is 12.3 Å². The van der Waals surface area contributed by atoms with Crippen molar-refractivity contribution >= 4 is 18.3 Å². The topological polar surface area (TPSA) is 65.1 Å². The third-order valence-electron chi connectivity index (χ3n) is 1.80. The Morgan fingerprint density at radius 2 is 2.07 bits per heavy atom. The van der Waals surface area contributed by atoms with Gasteiger partial charge >= 0.3 is 0 Å². The number of nitrogens with zero attached hydrogens (tertiary/aromatic N) is 1. The number of aromatic nitrogens is 1. The summed E-state index contributed by atoms with van der Waals surface area (Å²) in [7, 11) is 0. The summed E-state index contributed by atoms with van der Waals surface area (Å²) >= 11 is 0. The standard InChI is InChI=1S/C9H12N2O2.ClH/c1-6(2)11-4-3-8(12)7(5-11)9(10)13;/h3-6H,1-2H3,(H2,10,13);1H. The van der Waals surface area contributed by atoms with Crippen LogP contribution in [0.1, 0.15) is 30.2 Å². The zero-order valence-electron chi connectivity index (χ0n) is 8.06. The van der Waals surface area contributed by atoms with Crippen molar-refractivity contribution in [2.75, 3.05) is 0 Å². The van der Waals surface area contributed by atoms with Crippen molar-refractivity contribution in [1.82, 2.24) is 4.57 Å². The van der Waals surface area contributed by atoms with Gasteiger partial charge in [0.1, 0.15) is 5.56 Å². The first-order chi connectivity index (χ1) is 6.02. The van der Waals surface area contributed by atoms with Crippen LogP contribution in [0.25, 0.3) is 0 Å². The highest BCUT2D eigenvalue weighted by Gasteiger charge is 2.06. The molecule has 0 aliphatic heterocycles. The molecule has 0 unspecified atom stereocenters. The Balaban J connectivity index is 0.00000169. The molecule has 1 rings (SSSR count). The molecule has 1 aromatic rings. The zero-order chi connectivity index (χ0) is 10.0. The summed E-state index contributed by atoms with van der Waals surface area (Å²) in [5.41, 5.74) is 4.74. The van der Waals surface area contributed by atoms with Crippen LogP contribution in [-0.4, -0.2) is 10.5 Å². The Morgan fingerprint density at radius 3 is 2.50 bits per heavy atom. The number of rotatable bonds is 2. The normalized spacial score (nSPS) is 9.64. The predicted molar refractivity (Wildman–Crippen MR) is 56.9 cm³/mol. The zero-order valence-corrected chi connectivity index (χ0v) is 8.88. The largest absolute Gasteiger partial charge is 0.365 e. The maximum absolute atomic E-state index is 11.1. The minimum absolute atomic E-state index is 0. The van der Waals surface area contributed by atoms with Crippen molar-refractivity contribution in [1.29, 1.82) is 0 Å². The third kappa shape index (κ3) is 2.60. The van der Waals surface area contributed by atoms with Crippen molar-refractivity contribution in [3.63, 3.8) is 0 Å². The van der Waals surface area contributed by atoms with Crippen LogP contribution in [0.2, 0.25) is 0 Å². The van der Waals surface area contributed by atoms with E-state index in [9.17, 15) is 9.59 Å². The summed E-state index contributed by atoms with van der Waals surface area (Å²) in [6.07, 6.45) is 3.12. The molecular formula is C9H13ClN2O2. The second-order valence-corrected chi connectivity index (χ2v) is 3.13. The summed E-state index contributed by atoms with van der Waals surface area (Å²) < 4.78 is 1.77. The predicted octanol–water partition coefficient (Wildman–Crippen LogP) is 0.950. The maximum atomic E-state index is 11.1. The molecule has 2 N–H and O–H groups in total. The Bertz CT molecular complexity index is 385. The van der Waals surface area contributed by atoms with Gasteiger partial charge in [0, 0.05) is 24.5 Å². The van der Waals surface area contributed by atoms with Gasteiger partial charge in [0.2, 0.25) is 0 Å². The summed E-state index contributed by atoms with van der Waals surface area (Å²) in [5, 5.41) is 0. The van der Waals surface area contributed by atoms with Gasteiger partial charge in [-0.15, -0.1) is 12.4 Å². The van der Waals surface area contributed by atoms with Crippen molar-refractivity contribution in [2.45, 2.75) is 19.9 Å². The van der Waals surface area contributed by atoms with E-state index in [2.05, 4.69) is 0 Å². The number of pyridine rings is 1. The van der Waals surface area contributed by atoms with Crippen molar-refractivity contribution in [3.05, 3.63) is 34.2 Å². The number of nitrogens with two attached hydrogens (primary N) is 1. The van der Waals surface area contributed by atoms with E-state index in [-0.39, 0.29) is 29.4 Å². The second-order valence-electron chi connectivity index (χ2n) is 3.13. The van der Waals surface area contributed by atoms with Crippen LogP contribution in [0.5, 0.6) is 0 Å². The lowest BCUT2D eigenvalue weighted by Crippen LogP contribution is -2.23. The second kappa shape index (κ2) is 4.81. The molecule has 0 saturated carbocycles. The van der Waals surface area contributed by atoms with Crippen LogP contribution < -0.4 is 11.2 Å². The monoisotopic (exact) mass is 216 g/mol. The quantitative estimate of drug-likeness (QED) is 0.800. The van der Waals surface area contributed by atoms with Gasteiger partial charge in [-0.1, -0.05) is 0 Å². The van der Waals surface area contributed by atoms with Crippen LogP contribution >= 0.6 is 12.4 Å². The molecule has 5 heteroatoms. The van der Waals surface area contributed by atoms with Gasteiger partial charge in [0.15, 0.2) is 5.43 Å². The minimum Gasteiger partial charge on any atom is -0.365 e. The highest BCUT2D eigenvalue weighted by atomic mass is 35.5. The minimum atomic E-state index is -0.681. The van der Waals surface area contributed by atoms with Crippen molar-refractivity contribution < 1.29 is 4.79 Å².